The summed E-state index contributed by atoms with van der Waals surface area (Å²) >= 11 is 0. The molecular weight excluding hydrogens is 280 g/mol. The largest absolute Gasteiger partial charge is 0.355 e. The molecule has 2 aliphatic rings. The summed E-state index contributed by atoms with van der Waals surface area (Å²) in [6.07, 6.45) is 2.42. The van der Waals surface area contributed by atoms with Crippen LogP contribution in [-0.4, -0.2) is 56.3 Å². The molecule has 0 spiro atoms. The van der Waals surface area contributed by atoms with Gasteiger partial charge in [-0.05, 0) is 25.7 Å². The van der Waals surface area contributed by atoms with Crippen LogP contribution < -0.4 is 5.32 Å². The molecule has 0 bridgehead atoms. The summed E-state index contributed by atoms with van der Waals surface area (Å²) in [5, 5.41) is 2.77. The summed E-state index contributed by atoms with van der Waals surface area (Å²) in [6, 6.07) is -0.288. The molecule has 0 aromatic rings. The fourth-order valence-corrected chi connectivity index (χ4v) is 4.43. The number of rotatable bonds is 5. The monoisotopic (exact) mass is 302 g/mol. The smallest absolute Gasteiger partial charge is 0.238 e. The normalized spacial score (nSPS) is 26.0. The van der Waals surface area contributed by atoms with Gasteiger partial charge in [0.25, 0.3) is 0 Å². The first-order chi connectivity index (χ1) is 9.32. The van der Waals surface area contributed by atoms with E-state index in [0.29, 0.717) is 25.8 Å². The van der Waals surface area contributed by atoms with Gasteiger partial charge in [-0.15, -0.1) is 0 Å². The number of hydrogen-bond acceptors (Lipinski definition) is 4. The molecule has 0 radical (unpaired) electrons. The Morgan fingerprint density at radius 1 is 1.35 bits per heavy atom. The molecule has 1 N–H and O–H groups in total. The van der Waals surface area contributed by atoms with Crippen molar-refractivity contribution in [3.63, 3.8) is 0 Å². The second kappa shape index (κ2) is 5.35. The number of carbonyl (C=O) groups excluding carboxylic acids is 2. The second-order valence-corrected chi connectivity index (χ2v) is 8.04. The number of nitrogens with one attached hydrogen (secondary N) is 1. The van der Waals surface area contributed by atoms with Gasteiger partial charge in [-0.2, -0.15) is 0 Å². The van der Waals surface area contributed by atoms with E-state index in [1.807, 2.05) is 6.92 Å². The van der Waals surface area contributed by atoms with Crippen molar-refractivity contribution in [2.45, 2.75) is 38.6 Å². The molecule has 114 valence electrons. The van der Waals surface area contributed by atoms with Gasteiger partial charge < -0.3 is 10.2 Å². The van der Waals surface area contributed by atoms with Crippen molar-refractivity contribution in [2.75, 3.05) is 25.1 Å². The zero-order valence-electron chi connectivity index (χ0n) is 12.0. The van der Waals surface area contributed by atoms with Crippen LogP contribution in [0.4, 0.5) is 0 Å². The molecule has 20 heavy (non-hydrogen) atoms. The van der Waals surface area contributed by atoms with E-state index in [0.717, 1.165) is 6.42 Å². The molecule has 2 amide bonds. The average Bonchev–Trinajstić information content (AvgIpc) is 3.13. The minimum Gasteiger partial charge on any atom is -0.355 e. The van der Waals surface area contributed by atoms with Gasteiger partial charge in [-0.1, -0.05) is 6.92 Å². The third-order valence-electron chi connectivity index (χ3n) is 4.21. The van der Waals surface area contributed by atoms with E-state index in [9.17, 15) is 18.0 Å². The van der Waals surface area contributed by atoms with Crippen LogP contribution in [0.3, 0.4) is 0 Å². The highest BCUT2D eigenvalue weighted by molar-refractivity contribution is 7.91. The quantitative estimate of drug-likeness (QED) is 0.721. The van der Waals surface area contributed by atoms with E-state index < -0.39 is 15.3 Å². The van der Waals surface area contributed by atoms with Crippen LogP contribution in [0.2, 0.25) is 0 Å². The lowest BCUT2D eigenvalue weighted by molar-refractivity contribution is -0.144. The van der Waals surface area contributed by atoms with E-state index in [2.05, 4.69) is 5.32 Å². The Kier molecular flexibility index (Phi) is 4.09. The summed E-state index contributed by atoms with van der Waals surface area (Å²) in [4.78, 5) is 26.1. The van der Waals surface area contributed by atoms with Crippen molar-refractivity contribution in [3.05, 3.63) is 0 Å². The van der Waals surface area contributed by atoms with Gasteiger partial charge in [-0.3, -0.25) is 9.59 Å². The van der Waals surface area contributed by atoms with E-state index in [1.54, 1.807) is 7.05 Å². The molecule has 1 atom stereocenters. The molecule has 1 aliphatic carbocycles. The van der Waals surface area contributed by atoms with Crippen LogP contribution >= 0.6 is 0 Å². The molecule has 0 aromatic heterocycles. The van der Waals surface area contributed by atoms with Crippen molar-refractivity contribution >= 4 is 21.7 Å². The van der Waals surface area contributed by atoms with Gasteiger partial charge in [-0.25, -0.2) is 8.42 Å². The predicted molar refractivity (Wildman–Crippen MR) is 74.8 cm³/mol. The number of sulfone groups is 1. The molecule has 1 unspecified atom stereocenters. The second-order valence-electron chi connectivity index (χ2n) is 5.81. The SMILES string of the molecule is CCCNC(=O)C1(C(=O)N(C)C2CCS(=O)(=O)C2)CC1. The molecular formula is C13H22N2O4S. The number of hydrogen-bond donors (Lipinski definition) is 1. The Hall–Kier alpha value is -1.11. The van der Waals surface area contributed by atoms with Crippen LogP contribution in [0.5, 0.6) is 0 Å². The van der Waals surface area contributed by atoms with Crippen LogP contribution in [-0.2, 0) is 19.4 Å². The Morgan fingerprint density at radius 3 is 2.45 bits per heavy atom. The molecule has 1 saturated carbocycles. The van der Waals surface area contributed by atoms with Crippen molar-refractivity contribution in [1.29, 1.82) is 0 Å². The van der Waals surface area contributed by atoms with E-state index >= 15 is 0 Å². The summed E-state index contributed by atoms with van der Waals surface area (Å²) in [6.45, 7) is 2.52. The summed E-state index contributed by atoms with van der Waals surface area (Å²) in [7, 11) is -1.42. The Morgan fingerprint density at radius 2 is 2.00 bits per heavy atom. The lowest BCUT2D eigenvalue weighted by atomic mass is 10.0. The molecule has 0 aromatic carbocycles. The van der Waals surface area contributed by atoms with Crippen molar-refractivity contribution in [2.24, 2.45) is 5.41 Å². The minimum absolute atomic E-state index is 0.0158. The van der Waals surface area contributed by atoms with Crippen molar-refractivity contribution in [3.8, 4) is 0 Å². The van der Waals surface area contributed by atoms with Gasteiger partial charge in [0.1, 0.15) is 5.41 Å². The maximum absolute atomic E-state index is 12.5. The Balaban J connectivity index is 2.02. The molecule has 6 nitrogen and oxygen atoms in total. The first-order valence-electron chi connectivity index (χ1n) is 7.08. The predicted octanol–water partition coefficient (Wildman–Crippen LogP) is -0.0617. The van der Waals surface area contributed by atoms with Crippen molar-refractivity contribution < 1.29 is 18.0 Å². The van der Waals surface area contributed by atoms with E-state index in [1.165, 1.54) is 4.90 Å². The standard InChI is InChI=1S/C13H22N2O4S/c1-3-7-14-11(16)13(5-6-13)12(17)15(2)10-4-8-20(18,19)9-10/h10H,3-9H2,1-2H3,(H,14,16). The fourth-order valence-electron chi connectivity index (χ4n) is 2.66. The molecule has 1 heterocycles. The Bertz CT molecular complexity index is 510. The van der Waals surface area contributed by atoms with Crippen LogP contribution in [0.1, 0.15) is 32.6 Å². The van der Waals surface area contributed by atoms with E-state index in [4.69, 9.17) is 0 Å². The molecule has 1 aliphatic heterocycles. The minimum atomic E-state index is -3.03. The fraction of sp³-hybridized carbons (Fsp3) is 0.846. The highest BCUT2D eigenvalue weighted by Gasteiger charge is 2.58. The van der Waals surface area contributed by atoms with E-state index in [-0.39, 0.29) is 29.4 Å². The van der Waals surface area contributed by atoms with Gasteiger partial charge >= 0.3 is 0 Å². The maximum atomic E-state index is 12.5. The first kappa shape index (κ1) is 15.3. The molecule has 1 saturated heterocycles. The summed E-state index contributed by atoms with van der Waals surface area (Å²) in [5.41, 5.74) is -0.934. The topological polar surface area (TPSA) is 83.6 Å². The first-order valence-corrected chi connectivity index (χ1v) is 8.90. The molecule has 2 fully saturated rings. The van der Waals surface area contributed by atoms with Gasteiger partial charge in [0, 0.05) is 19.6 Å². The number of amides is 2. The average molecular weight is 302 g/mol. The van der Waals surface area contributed by atoms with Gasteiger partial charge in [0.15, 0.2) is 9.84 Å². The zero-order valence-corrected chi connectivity index (χ0v) is 12.8. The maximum Gasteiger partial charge on any atom is 0.238 e. The van der Waals surface area contributed by atoms with Gasteiger partial charge in [0.05, 0.1) is 11.5 Å². The van der Waals surface area contributed by atoms with Crippen LogP contribution in [0.15, 0.2) is 0 Å². The lowest BCUT2D eigenvalue weighted by Gasteiger charge is -2.27. The zero-order chi connectivity index (χ0) is 15.0. The number of nitrogens with zero attached hydrogens (tertiary/aromatic N) is 1. The summed E-state index contributed by atoms with van der Waals surface area (Å²) < 4.78 is 23.0. The molecule has 7 heteroatoms. The van der Waals surface area contributed by atoms with Crippen LogP contribution in [0, 0.1) is 5.41 Å². The lowest BCUT2D eigenvalue weighted by Crippen LogP contribution is -2.48. The third kappa shape index (κ3) is 2.82. The summed E-state index contributed by atoms with van der Waals surface area (Å²) in [5.74, 6) is -0.295. The highest BCUT2D eigenvalue weighted by atomic mass is 32.2. The third-order valence-corrected chi connectivity index (χ3v) is 5.96. The van der Waals surface area contributed by atoms with Crippen LogP contribution in [0.25, 0.3) is 0 Å². The van der Waals surface area contributed by atoms with Gasteiger partial charge in [0.2, 0.25) is 11.8 Å². The highest BCUT2D eigenvalue weighted by Crippen LogP contribution is 2.47. The number of carbonyl (C=O) groups is 2. The Labute approximate surface area is 119 Å². The molecule has 2 rings (SSSR count). The van der Waals surface area contributed by atoms with Crippen molar-refractivity contribution in [1.82, 2.24) is 10.2 Å².